The van der Waals surface area contributed by atoms with Crippen molar-refractivity contribution in [2.45, 2.75) is 25.0 Å². The van der Waals surface area contributed by atoms with Gasteiger partial charge in [0.25, 0.3) is 0 Å². The lowest BCUT2D eigenvalue weighted by molar-refractivity contribution is 0.884. The Morgan fingerprint density at radius 1 is 1.83 bits per heavy atom. The van der Waals surface area contributed by atoms with Crippen molar-refractivity contribution in [1.82, 2.24) is 0 Å². The average molecular weight is 102 g/mol. The van der Waals surface area contributed by atoms with Crippen molar-refractivity contribution in [2.24, 2.45) is 5.92 Å². The quantitative estimate of drug-likeness (QED) is 0.442. The smallest absolute Gasteiger partial charge is 0.0130 e. The van der Waals surface area contributed by atoms with Gasteiger partial charge in [-0.1, -0.05) is 13.8 Å². The molecule has 0 N–H and O–H groups in total. The Balaban J connectivity index is 2.41. The molecule has 0 unspecified atom stereocenters. The minimum atomic E-state index is 0.403. The van der Waals surface area contributed by atoms with Crippen LogP contribution in [0.1, 0.15) is 20.3 Å². The van der Waals surface area contributed by atoms with Gasteiger partial charge in [0.05, 0.1) is 0 Å². The Labute approximate surface area is 44.3 Å². The lowest BCUT2D eigenvalue weighted by Crippen LogP contribution is -1.88. The van der Waals surface area contributed by atoms with Gasteiger partial charge >= 0.3 is 0 Å². The van der Waals surface area contributed by atoms with E-state index in [4.69, 9.17) is 0 Å². The molecule has 0 heterocycles. The fourth-order valence-electron chi connectivity index (χ4n) is 0.561. The van der Waals surface area contributed by atoms with Crippen LogP contribution in [0.25, 0.3) is 0 Å². The van der Waals surface area contributed by atoms with Crippen LogP contribution < -0.4 is 0 Å². The Hall–Kier alpha value is 0.350. The molecule has 1 rings (SSSR count). The van der Waals surface area contributed by atoms with Gasteiger partial charge in [0, 0.05) is 4.75 Å². The van der Waals surface area contributed by atoms with Crippen LogP contribution in [-0.2, 0) is 0 Å². The van der Waals surface area contributed by atoms with Crippen molar-refractivity contribution < 1.29 is 0 Å². The fraction of sp³-hybridized carbons (Fsp3) is 1.00. The summed E-state index contributed by atoms with van der Waals surface area (Å²) in [7, 11) is 0. The molecule has 1 saturated carbocycles. The van der Waals surface area contributed by atoms with Crippen LogP contribution in [0.5, 0.6) is 0 Å². The monoisotopic (exact) mass is 102 g/mol. The van der Waals surface area contributed by atoms with Crippen LogP contribution in [0.3, 0.4) is 0 Å². The van der Waals surface area contributed by atoms with Crippen LogP contribution in [0.15, 0.2) is 0 Å². The van der Waals surface area contributed by atoms with Crippen LogP contribution in [-0.4, -0.2) is 4.75 Å². The van der Waals surface area contributed by atoms with Gasteiger partial charge in [-0.05, 0) is 12.3 Å². The standard InChI is InChI=1S/C5H10S/c1-4-3-5(4,2)6/h4,6H,3H2,1-2H3/t4-,5-/m0/s1. The predicted octanol–water partition coefficient (Wildman–Crippen LogP) is 1.71. The van der Waals surface area contributed by atoms with Crippen LogP contribution in [0, 0.1) is 5.92 Å². The molecule has 0 aromatic carbocycles. The zero-order valence-electron chi connectivity index (χ0n) is 4.23. The molecule has 1 heteroatoms. The summed E-state index contributed by atoms with van der Waals surface area (Å²) in [5, 5.41) is 0. The van der Waals surface area contributed by atoms with Crippen LogP contribution >= 0.6 is 12.6 Å². The molecule has 1 aliphatic carbocycles. The second kappa shape index (κ2) is 0.945. The van der Waals surface area contributed by atoms with E-state index in [1.54, 1.807) is 0 Å². The summed E-state index contributed by atoms with van der Waals surface area (Å²) in [5.41, 5.74) is 0. The lowest BCUT2D eigenvalue weighted by atomic mass is 10.4. The Morgan fingerprint density at radius 3 is 2.00 bits per heavy atom. The van der Waals surface area contributed by atoms with Crippen molar-refractivity contribution in [1.29, 1.82) is 0 Å². The molecule has 36 valence electrons. The summed E-state index contributed by atoms with van der Waals surface area (Å²) in [6.45, 7) is 4.41. The van der Waals surface area contributed by atoms with Gasteiger partial charge in [-0.15, -0.1) is 0 Å². The lowest BCUT2D eigenvalue weighted by Gasteiger charge is -1.91. The van der Waals surface area contributed by atoms with Gasteiger partial charge in [0.2, 0.25) is 0 Å². The average Bonchev–Trinajstić information content (AvgIpc) is 1.73. The third-order valence-corrected chi connectivity index (χ3v) is 2.24. The highest BCUT2D eigenvalue weighted by molar-refractivity contribution is 7.82. The first-order valence-corrected chi connectivity index (χ1v) is 2.80. The van der Waals surface area contributed by atoms with E-state index in [1.807, 2.05) is 0 Å². The van der Waals surface area contributed by atoms with E-state index in [9.17, 15) is 0 Å². The maximum atomic E-state index is 4.33. The second-order valence-corrected chi connectivity index (χ2v) is 3.48. The van der Waals surface area contributed by atoms with Gasteiger partial charge < -0.3 is 0 Å². The minimum absolute atomic E-state index is 0.403. The van der Waals surface area contributed by atoms with Crippen molar-refractivity contribution in [3.05, 3.63) is 0 Å². The summed E-state index contributed by atoms with van der Waals surface area (Å²) < 4.78 is 0.403. The summed E-state index contributed by atoms with van der Waals surface area (Å²) >= 11 is 4.33. The largest absolute Gasteiger partial charge is 0.173 e. The van der Waals surface area contributed by atoms with E-state index in [1.165, 1.54) is 6.42 Å². The van der Waals surface area contributed by atoms with E-state index in [2.05, 4.69) is 26.5 Å². The maximum absolute atomic E-state index is 4.33. The highest BCUT2D eigenvalue weighted by Crippen LogP contribution is 2.47. The van der Waals surface area contributed by atoms with Crippen molar-refractivity contribution in [3.63, 3.8) is 0 Å². The third kappa shape index (κ3) is 0.558. The van der Waals surface area contributed by atoms with E-state index >= 15 is 0 Å². The molecular formula is C5H10S. The van der Waals surface area contributed by atoms with Gasteiger partial charge in [-0.3, -0.25) is 0 Å². The highest BCUT2D eigenvalue weighted by Gasteiger charge is 2.42. The molecule has 0 bridgehead atoms. The summed E-state index contributed by atoms with van der Waals surface area (Å²) in [5.74, 6) is 0.862. The molecular weight excluding hydrogens is 92.1 g/mol. The van der Waals surface area contributed by atoms with Gasteiger partial charge in [-0.2, -0.15) is 12.6 Å². The minimum Gasteiger partial charge on any atom is -0.173 e. The molecule has 0 amide bonds. The number of thiol groups is 1. The molecule has 0 aliphatic heterocycles. The summed E-state index contributed by atoms with van der Waals surface area (Å²) in [6.07, 6.45) is 1.30. The van der Waals surface area contributed by atoms with Gasteiger partial charge in [-0.25, -0.2) is 0 Å². The Morgan fingerprint density at radius 2 is 2.00 bits per heavy atom. The zero-order valence-corrected chi connectivity index (χ0v) is 5.13. The topological polar surface area (TPSA) is 0 Å². The predicted molar refractivity (Wildman–Crippen MR) is 31.2 cm³/mol. The van der Waals surface area contributed by atoms with Gasteiger partial charge in [0.15, 0.2) is 0 Å². The Bertz CT molecular complexity index is 66.3. The fourth-order valence-corrected chi connectivity index (χ4v) is 0.835. The normalized spacial score (nSPS) is 55.5. The van der Waals surface area contributed by atoms with E-state index in [-0.39, 0.29) is 0 Å². The molecule has 0 saturated heterocycles. The van der Waals surface area contributed by atoms with Crippen LogP contribution in [0.4, 0.5) is 0 Å². The van der Waals surface area contributed by atoms with Crippen molar-refractivity contribution in [2.75, 3.05) is 0 Å². The van der Waals surface area contributed by atoms with E-state index in [0.29, 0.717) is 4.75 Å². The maximum Gasteiger partial charge on any atom is 0.0130 e. The first-order chi connectivity index (χ1) is 2.63. The molecule has 0 aromatic rings. The number of rotatable bonds is 0. The highest BCUT2D eigenvalue weighted by atomic mass is 32.1. The SMILES string of the molecule is C[C@H]1C[C@]1(C)S. The Kier molecular flexibility index (Phi) is 0.710. The number of hydrogen-bond acceptors (Lipinski definition) is 1. The summed E-state index contributed by atoms with van der Waals surface area (Å²) in [6, 6.07) is 0. The van der Waals surface area contributed by atoms with E-state index < -0.39 is 0 Å². The van der Waals surface area contributed by atoms with Crippen molar-refractivity contribution >= 4 is 12.6 Å². The molecule has 1 fully saturated rings. The number of hydrogen-bond donors (Lipinski definition) is 1. The second-order valence-electron chi connectivity index (χ2n) is 2.46. The van der Waals surface area contributed by atoms with Crippen LogP contribution in [0.2, 0.25) is 0 Å². The molecule has 0 nitrogen and oxygen atoms in total. The molecule has 6 heavy (non-hydrogen) atoms. The van der Waals surface area contributed by atoms with Gasteiger partial charge in [0.1, 0.15) is 0 Å². The zero-order chi connectivity index (χ0) is 4.78. The molecule has 0 aromatic heterocycles. The molecule has 0 spiro atoms. The molecule has 0 radical (unpaired) electrons. The molecule has 2 atom stereocenters. The summed E-state index contributed by atoms with van der Waals surface area (Å²) in [4.78, 5) is 0. The first-order valence-electron chi connectivity index (χ1n) is 2.35. The van der Waals surface area contributed by atoms with Crippen molar-refractivity contribution in [3.8, 4) is 0 Å². The third-order valence-electron chi connectivity index (χ3n) is 1.62. The first kappa shape index (κ1) is 4.51. The molecule has 1 aliphatic rings. The van der Waals surface area contributed by atoms with E-state index in [0.717, 1.165) is 5.92 Å².